The molecule has 1 heterocycles. The highest BCUT2D eigenvalue weighted by Crippen LogP contribution is 2.34. The van der Waals surface area contributed by atoms with Crippen LogP contribution in [0.5, 0.6) is 0 Å². The number of nitrogens with one attached hydrogen (secondary N) is 1. The van der Waals surface area contributed by atoms with E-state index in [0.29, 0.717) is 11.8 Å². The Hall–Kier alpha value is -0.670. The van der Waals surface area contributed by atoms with Gasteiger partial charge in [-0.25, -0.2) is 0 Å². The summed E-state index contributed by atoms with van der Waals surface area (Å²) in [5.74, 6) is 2.23. The van der Waals surface area contributed by atoms with Crippen LogP contribution in [0.3, 0.4) is 0 Å². The monoisotopic (exact) mass is 236 g/mol. The van der Waals surface area contributed by atoms with Gasteiger partial charge in [-0.05, 0) is 36.1 Å². The van der Waals surface area contributed by atoms with Crippen LogP contribution >= 0.6 is 11.8 Å². The normalized spacial score (nSPS) is 16.8. The van der Waals surface area contributed by atoms with Gasteiger partial charge in [-0.15, -0.1) is 11.8 Å². The average molecular weight is 236 g/mol. The first-order chi connectivity index (χ1) is 7.72. The Morgan fingerprint density at radius 2 is 2.25 bits per heavy atom. The zero-order chi connectivity index (χ0) is 11.5. The first-order valence-electron chi connectivity index (χ1n) is 5.93. The highest BCUT2D eigenvalue weighted by Gasteiger charge is 2.16. The molecule has 1 unspecified atom stereocenters. The summed E-state index contributed by atoms with van der Waals surface area (Å²) in [5, 5.41) is 3.46. The lowest BCUT2D eigenvalue weighted by atomic mass is 9.88. The molecule has 1 aliphatic heterocycles. The largest absolute Gasteiger partial charge is 0.383 e. The van der Waals surface area contributed by atoms with Gasteiger partial charge in [0.15, 0.2) is 0 Å². The van der Waals surface area contributed by atoms with E-state index in [1.807, 2.05) is 11.8 Å². The van der Waals surface area contributed by atoms with Crippen LogP contribution < -0.4 is 11.1 Å². The molecule has 88 valence electrons. The van der Waals surface area contributed by atoms with Gasteiger partial charge < -0.3 is 11.1 Å². The van der Waals surface area contributed by atoms with Crippen molar-refractivity contribution in [3.8, 4) is 0 Å². The van der Waals surface area contributed by atoms with Gasteiger partial charge in [0.1, 0.15) is 0 Å². The molecule has 1 atom stereocenters. The molecule has 2 rings (SSSR count). The van der Waals surface area contributed by atoms with Crippen LogP contribution in [0.4, 0.5) is 5.69 Å². The second-order valence-corrected chi connectivity index (χ2v) is 5.75. The Labute approximate surface area is 102 Å². The van der Waals surface area contributed by atoms with Gasteiger partial charge in [0, 0.05) is 22.9 Å². The van der Waals surface area contributed by atoms with E-state index < -0.39 is 0 Å². The van der Waals surface area contributed by atoms with E-state index in [9.17, 15) is 0 Å². The lowest BCUT2D eigenvalue weighted by Gasteiger charge is -2.23. The van der Waals surface area contributed by atoms with Crippen LogP contribution in [0.25, 0.3) is 0 Å². The zero-order valence-electron chi connectivity index (χ0n) is 9.99. The van der Waals surface area contributed by atoms with E-state index in [2.05, 4.69) is 37.4 Å². The maximum atomic E-state index is 5.86. The van der Waals surface area contributed by atoms with E-state index in [1.54, 1.807) is 0 Å². The molecule has 1 aromatic rings. The SMILES string of the molecule is CC(C)C(CN)c1ccc2c(c1)NCCS2. The fourth-order valence-electron chi connectivity index (χ4n) is 2.18. The minimum Gasteiger partial charge on any atom is -0.383 e. The second kappa shape index (κ2) is 5.11. The van der Waals surface area contributed by atoms with Crippen LogP contribution in [-0.4, -0.2) is 18.8 Å². The highest BCUT2D eigenvalue weighted by atomic mass is 32.2. The van der Waals surface area contributed by atoms with E-state index in [4.69, 9.17) is 5.73 Å². The van der Waals surface area contributed by atoms with Gasteiger partial charge in [0.25, 0.3) is 0 Å². The average Bonchev–Trinajstić information content (AvgIpc) is 2.29. The predicted octanol–water partition coefficient (Wildman–Crippen LogP) is 2.90. The Balaban J connectivity index is 2.28. The van der Waals surface area contributed by atoms with Crippen molar-refractivity contribution in [2.24, 2.45) is 11.7 Å². The standard InChI is InChI=1S/C13H20N2S/c1-9(2)11(8-14)10-3-4-13-12(7-10)15-5-6-16-13/h3-4,7,9,11,15H,5-6,8,14H2,1-2H3. The van der Waals surface area contributed by atoms with Crippen molar-refractivity contribution in [3.05, 3.63) is 23.8 Å². The van der Waals surface area contributed by atoms with E-state index in [1.165, 1.54) is 16.1 Å². The summed E-state index contributed by atoms with van der Waals surface area (Å²) in [7, 11) is 0. The summed E-state index contributed by atoms with van der Waals surface area (Å²) in [6.45, 7) is 6.26. The fourth-order valence-corrected chi connectivity index (χ4v) is 3.06. The van der Waals surface area contributed by atoms with Crippen LogP contribution in [0.1, 0.15) is 25.3 Å². The van der Waals surface area contributed by atoms with Gasteiger partial charge >= 0.3 is 0 Å². The lowest BCUT2D eigenvalue weighted by Crippen LogP contribution is -2.18. The topological polar surface area (TPSA) is 38.0 Å². The van der Waals surface area contributed by atoms with Gasteiger partial charge in [0.2, 0.25) is 0 Å². The molecule has 0 radical (unpaired) electrons. The molecule has 0 bridgehead atoms. The zero-order valence-corrected chi connectivity index (χ0v) is 10.8. The summed E-state index contributed by atoms with van der Waals surface area (Å²) in [6, 6.07) is 6.74. The molecular weight excluding hydrogens is 216 g/mol. The summed E-state index contributed by atoms with van der Waals surface area (Å²) in [6.07, 6.45) is 0. The van der Waals surface area contributed by atoms with Crippen LogP contribution in [0.15, 0.2) is 23.1 Å². The van der Waals surface area contributed by atoms with Crippen molar-refractivity contribution in [3.63, 3.8) is 0 Å². The molecule has 0 saturated heterocycles. The van der Waals surface area contributed by atoms with Crippen molar-refractivity contribution >= 4 is 17.4 Å². The molecular formula is C13H20N2S. The molecule has 1 aromatic carbocycles. The van der Waals surface area contributed by atoms with Gasteiger partial charge in [-0.3, -0.25) is 0 Å². The fraction of sp³-hybridized carbons (Fsp3) is 0.538. The number of anilines is 1. The second-order valence-electron chi connectivity index (χ2n) is 4.62. The molecule has 0 aliphatic carbocycles. The first-order valence-corrected chi connectivity index (χ1v) is 6.91. The Kier molecular flexibility index (Phi) is 3.77. The molecule has 1 aliphatic rings. The summed E-state index contributed by atoms with van der Waals surface area (Å²) in [4.78, 5) is 1.37. The number of fused-ring (bicyclic) bond motifs is 1. The third-order valence-electron chi connectivity index (χ3n) is 3.17. The van der Waals surface area contributed by atoms with Gasteiger partial charge in [-0.2, -0.15) is 0 Å². The van der Waals surface area contributed by atoms with E-state index >= 15 is 0 Å². The first kappa shape index (κ1) is 11.8. The summed E-state index contributed by atoms with van der Waals surface area (Å²) in [5.41, 5.74) is 8.51. The quantitative estimate of drug-likeness (QED) is 0.847. The number of hydrogen-bond donors (Lipinski definition) is 2. The van der Waals surface area contributed by atoms with Crippen molar-refractivity contribution in [1.29, 1.82) is 0 Å². The Bertz CT molecular complexity index is 363. The maximum absolute atomic E-state index is 5.86. The maximum Gasteiger partial charge on any atom is 0.0481 e. The molecule has 0 fully saturated rings. The van der Waals surface area contributed by atoms with E-state index in [0.717, 1.165) is 18.8 Å². The van der Waals surface area contributed by atoms with Crippen LogP contribution in [0, 0.1) is 5.92 Å². The molecule has 0 aromatic heterocycles. The highest BCUT2D eigenvalue weighted by molar-refractivity contribution is 7.99. The van der Waals surface area contributed by atoms with Crippen molar-refractivity contribution in [1.82, 2.24) is 0 Å². The third-order valence-corrected chi connectivity index (χ3v) is 4.24. The Morgan fingerprint density at radius 3 is 2.94 bits per heavy atom. The van der Waals surface area contributed by atoms with Crippen molar-refractivity contribution in [2.45, 2.75) is 24.7 Å². The molecule has 0 spiro atoms. The Morgan fingerprint density at radius 1 is 1.44 bits per heavy atom. The molecule has 2 nitrogen and oxygen atoms in total. The molecule has 0 saturated carbocycles. The third kappa shape index (κ3) is 2.36. The van der Waals surface area contributed by atoms with Gasteiger partial charge in [0.05, 0.1) is 0 Å². The predicted molar refractivity (Wildman–Crippen MR) is 72.3 cm³/mol. The number of thioether (sulfide) groups is 1. The van der Waals surface area contributed by atoms with Crippen LogP contribution in [0.2, 0.25) is 0 Å². The molecule has 3 N–H and O–H groups in total. The molecule has 0 amide bonds. The summed E-state index contributed by atoms with van der Waals surface area (Å²) < 4.78 is 0. The van der Waals surface area contributed by atoms with Crippen molar-refractivity contribution in [2.75, 3.05) is 24.2 Å². The summed E-state index contributed by atoms with van der Waals surface area (Å²) >= 11 is 1.93. The molecule has 16 heavy (non-hydrogen) atoms. The lowest BCUT2D eigenvalue weighted by molar-refractivity contribution is 0.506. The number of rotatable bonds is 3. The van der Waals surface area contributed by atoms with Crippen LogP contribution in [-0.2, 0) is 0 Å². The number of hydrogen-bond acceptors (Lipinski definition) is 3. The smallest absolute Gasteiger partial charge is 0.0481 e. The minimum absolute atomic E-state index is 0.471. The number of nitrogens with two attached hydrogens (primary N) is 1. The molecule has 3 heteroatoms. The van der Waals surface area contributed by atoms with E-state index in [-0.39, 0.29) is 0 Å². The van der Waals surface area contributed by atoms with Gasteiger partial charge in [-0.1, -0.05) is 19.9 Å². The van der Waals surface area contributed by atoms with Crippen molar-refractivity contribution < 1.29 is 0 Å². The minimum atomic E-state index is 0.471. The number of benzene rings is 1.